The monoisotopic (exact) mass is 236 g/mol. The van der Waals surface area contributed by atoms with Gasteiger partial charge in [0, 0.05) is 19.0 Å². The molecule has 17 heavy (non-hydrogen) atoms. The SMILES string of the molecule is C=CC1=C(C)CN(C(C)C(=O)NC(C)=O)C1=O. The molecule has 5 nitrogen and oxygen atoms in total. The zero-order valence-electron chi connectivity index (χ0n) is 10.2. The van der Waals surface area contributed by atoms with Crippen LogP contribution >= 0.6 is 0 Å². The van der Waals surface area contributed by atoms with Crippen LogP contribution in [-0.4, -0.2) is 35.2 Å². The summed E-state index contributed by atoms with van der Waals surface area (Å²) in [5, 5.41) is 2.17. The molecule has 1 unspecified atom stereocenters. The molecule has 0 aliphatic carbocycles. The van der Waals surface area contributed by atoms with E-state index in [-0.39, 0.29) is 5.91 Å². The maximum absolute atomic E-state index is 11.9. The lowest BCUT2D eigenvalue weighted by molar-refractivity contribution is -0.138. The highest BCUT2D eigenvalue weighted by atomic mass is 16.2. The van der Waals surface area contributed by atoms with Crippen molar-refractivity contribution < 1.29 is 14.4 Å². The Morgan fingerprint density at radius 2 is 2.12 bits per heavy atom. The number of imide groups is 1. The van der Waals surface area contributed by atoms with Crippen molar-refractivity contribution in [3.63, 3.8) is 0 Å². The molecule has 0 saturated carbocycles. The number of carbonyl (C=O) groups is 3. The molecule has 1 aliphatic heterocycles. The van der Waals surface area contributed by atoms with Gasteiger partial charge in [0.25, 0.3) is 5.91 Å². The van der Waals surface area contributed by atoms with E-state index < -0.39 is 17.9 Å². The van der Waals surface area contributed by atoms with Crippen LogP contribution in [0.1, 0.15) is 20.8 Å². The lowest BCUT2D eigenvalue weighted by atomic mass is 10.2. The summed E-state index contributed by atoms with van der Waals surface area (Å²) in [6, 6.07) is -0.668. The fourth-order valence-corrected chi connectivity index (χ4v) is 1.74. The maximum atomic E-state index is 11.9. The lowest BCUT2D eigenvalue weighted by Crippen LogP contribution is -2.47. The van der Waals surface area contributed by atoms with E-state index in [2.05, 4.69) is 11.9 Å². The van der Waals surface area contributed by atoms with Gasteiger partial charge in [0.15, 0.2) is 0 Å². The van der Waals surface area contributed by atoms with E-state index in [4.69, 9.17) is 0 Å². The fraction of sp³-hybridized carbons (Fsp3) is 0.417. The molecule has 0 aromatic heterocycles. The van der Waals surface area contributed by atoms with E-state index in [0.29, 0.717) is 12.1 Å². The van der Waals surface area contributed by atoms with Crippen molar-refractivity contribution in [3.8, 4) is 0 Å². The third-order valence-corrected chi connectivity index (χ3v) is 2.71. The fourth-order valence-electron chi connectivity index (χ4n) is 1.74. The highest BCUT2D eigenvalue weighted by Gasteiger charge is 2.33. The number of hydrogen-bond acceptors (Lipinski definition) is 3. The van der Waals surface area contributed by atoms with Crippen molar-refractivity contribution in [1.82, 2.24) is 10.2 Å². The summed E-state index contributed by atoms with van der Waals surface area (Å²) in [6.07, 6.45) is 1.49. The quantitative estimate of drug-likeness (QED) is 0.770. The van der Waals surface area contributed by atoms with Gasteiger partial charge in [0.05, 0.1) is 0 Å². The van der Waals surface area contributed by atoms with E-state index >= 15 is 0 Å². The minimum absolute atomic E-state index is 0.219. The van der Waals surface area contributed by atoms with Crippen LogP contribution in [0.2, 0.25) is 0 Å². The molecule has 1 aliphatic rings. The molecule has 5 heteroatoms. The van der Waals surface area contributed by atoms with E-state index in [1.54, 1.807) is 6.92 Å². The summed E-state index contributed by atoms with van der Waals surface area (Å²) >= 11 is 0. The molecule has 0 aromatic carbocycles. The second-order valence-electron chi connectivity index (χ2n) is 4.05. The Labute approximate surface area is 100 Å². The summed E-state index contributed by atoms with van der Waals surface area (Å²) in [5.41, 5.74) is 1.42. The number of nitrogens with one attached hydrogen (secondary N) is 1. The van der Waals surface area contributed by atoms with E-state index in [1.165, 1.54) is 17.9 Å². The molecule has 0 aromatic rings. The van der Waals surface area contributed by atoms with Gasteiger partial charge in [-0.1, -0.05) is 12.7 Å². The minimum atomic E-state index is -0.668. The summed E-state index contributed by atoms with van der Waals surface area (Å²) in [6.45, 7) is 8.64. The van der Waals surface area contributed by atoms with Crippen LogP contribution in [0.25, 0.3) is 0 Å². The molecule has 1 heterocycles. The van der Waals surface area contributed by atoms with Crippen molar-refractivity contribution in [3.05, 3.63) is 23.8 Å². The Hall–Kier alpha value is -1.91. The van der Waals surface area contributed by atoms with Crippen molar-refractivity contribution in [2.24, 2.45) is 0 Å². The number of carbonyl (C=O) groups excluding carboxylic acids is 3. The molecular weight excluding hydrogens is 220 g/mol. The number of rotatable bonds is 3. The van der Waals surface area contributed by atoms with Crippen LogP contribution in [0, 0.1) is 0 Å². The molecule has 1 N–H and O–H groups in total. The number of amides is 3. The van der Waals surface area contributed by atoms with Crippen LogP contribution in [0.3, 0.4) is 0 Å². The molecule has 0 saturated heterocycles. The molecule has 92 valence electrons. The first-order valence-corrected chi connectivity index (χ1v) is 5.33. The van der Waals surface area contributed by atoms with Gasteiger partial charge >= 0.3 is 0 Å². The van der Waals surface area contributed by atoms with Gasteiger partial charge in [-0.25, -0.2) is 0 Å². The van der Waals surface area contributed by atoms with E-state index in [0.717, 1.165) is 5.57 Å². The van der Waals surface area contributed by atoms with Crippen LogP contribution in [0.5, 0.6) is 0 Å². The standard InChI is InChI=1S/C12H16N2O3/c1-5-10-7(2)6-14(12(10)17)8(3)11(16)13-9(4)15/h5,8H,1,6H2,2-4H3,(H,13,15,16). The zero-order valence-corrected chi connectivity index (χ0v) is 10.2. The maximum Gasteiger partial charge on any atom is 0.254 e. The van der Waals surface area contributed by atoms with Crippen molar-refractivity contribution in [2.75, 3.05) is 6.54 Å². The normalized spacial score (nSPS) is 17.1. The van der Waals surface area contributed by atoms with Gasteiger partial charge in [-0.15, -0.1) is 0 Å². The van der Waals surface area contributed by atoms with Crippen molar-refractivity contribution in [2.45, 2.75) is 26.8 Å². The zero-order chi connectivity index (χ0) is 13.2. The van der Waals surface area contributed by atoms with Crippen LogP contribution in [-0.2, 0) is 14.4 Å². The summed E-state index contributed by atoms with van der Waals surface area (Å²) < 4.78 is 0. The Kier molecular flexibility index (Phi) is 3.83. The number of hydrogen-bond donors (Lipinski definition) is 1. The van der Waals surface area contributed by atoms with Crippen molar-refractivity contribution >= 4 is 17.7 Å². The Morgan fingerprint density at radius 3 is 2.53 bits per heavy atom. The third kappa shape index (κ3) is 2.61. The molecule has 0 bridgehead atoms. The summed E-state index contributed by atoms with van der Waals surface area (Å²) in [5.74, 6) is -1.12. The second kappa shape index (κ2) is 4.95. The lowest BCUT2D eigenvalue weighted by Gasteiger charge is -2.23. The molecule has 1 atom stereocenters. The largest absolute Gasteiger partial charge is 0.323 e. The second-order valence-corrected chi connectivity index (χ2v) is 4.05. The predicted octanol–water partition coefficient (Wildman–Crippen LogP) is 0.382. The molecule has 3 amide bonds. The topological polar surface area (TPSA) is 66.5 Å². The molecular formula is C12H16N2O3. The Morgan fingerprint density at radius 1 is 1.53 bits per heavy atom. The Balaban J connectivity index is 2.78. The van der Waals surface area contributed by atoms with Crippen molar-refractivity contribution in [1.29, 1.82) is 0 Å². The van der Waals surface area contributed by atoms with Gasteiger partial charge in [-0.05, 0) is 19.4 Å². The van der Waals surface area contributed by atoms with Crippen LogP contribution < -0.4 is 5.32 Å². The predicted molar refractivity (Wildman–Crippen MR) is 62.9 cm³/mol. The van der Waals surface area contributed by atoms with E-state index in [9.17, 15) is 14.4 Å². The first-order valence-electron chi connectivity index (χ1n) is 5.33. The minimum Gasteiger partial charge on any atom is -0.323 e. The average Bonchev–Trinajstić information content (AvgIpc) is 2.51. The molecule has 0 radical (unpaired) electrons. The van der Waals surface area contributed by atoms with E-state index in [1.807, 2.05) is 6.92 Å². The molecule has 1 rings (SSSR count). The van der Waals surface area contributed by atoms with Crippen LogP contribution in [0.15, 0.2) is 23.8 Å². The molecule has 0 spiro atoms. The average molecular weight is 236 g/mol. The first-order chi connectivity index (χ1) is 7.88. The highest BCUT2D eigenvalue weighted by molar-refractivity contribution is 6.04. The summed E-state index contributed by atoms with van der Waals surface area (Å²) in [4.78, 5) is 35.7. The van der Waals surface area contributed by atoms with Gasteiger partial charge in [0.1, 0.15) is 6.04 Å². The molecule has 0 fully saturated rings. The van der Waals surface area contributed by atoms with Gasteiger partial charge < -0.3 is 4.90 Å². The smallest absolute Gasteiger partial charge is 0.254 e. The van der Waals surface area contributed by atoms with Gasteiger partial charge in [0.2, 0.25) is 11.8 Å². The highest BCUT2D eigenvalue weighted by Crippen LogP contribution is 2.21. The summed E-state index contributed by atoms with van der Waals surface area (Å²) in [7, 11) is 0. The third-order valence-electron chi connectivity index (χ3n) is 2.71. The Bertz CT molecular complexity index is 423. The first kappa shape index (κ1) is 13.2. The van der Waals surface area contributed by atoms with Crippen LogP contribution in [0.4, 0.5) is 0 Å². The van der Waals surface area contributed by atoms with Gasteiger partial charge in [-0.3, -0.25) is 19.7 Å². The van der Waals surface area contributed by atoms with Gasteiger partial charge in [-0.2, -0.15) is 0 Å². The number of nitrogens with zero attached hydrogens (tertiary/aromatic N) is 1.